The predicted molar refractivity (Wildman–Crippen MR) is 120 cm³/mol. The summed E-state index contributed by atoms with van der Waals surface area (Å²) in [6.07, 6.45) is 4.91. The molecule has 1 aromatic carbocycles. The van der Waals surface area contributed by atoms with E-state index in [1.165, 1.54) is 0 Å². The molecule has 32 heavy (non-hydrogen) atoms. The van der Waals surface area contributed by atoms with Gasteiger partial charge < -0.3 is 25.2 Å². The van der Waals surface area contributed by atoms with Crippen molar-refractivity contribution >= 4 is 17.5 Å². The summed E-state index contributed by atoms with van der Waals surface area (Å²) in [5.74, 6) is 0.576. The normalized spacial score (nSPS) is 19.5. The Kier molecular flexibility index (Phi) is 7.91. The van der Waals surface area contributed by atoms with E-state index in [1.807, 2.05) is 13.0 Å². The Labute approximate surface area is 187 Å². The van der Waals surface area contributed by atoms with Crippen molar-refractivity contribution in [3.8, 4) is 5.75 Å². The lowest BCUT2D eigenvalue weighted by Gasteiger charge is -2.27. The fraction of sp³-hybridized carbons (Fsp3) is 0.545. The van der Waals surface area contributed by atoms with Gasteiger partial charge in [0.1, 0.15) is 11.8 Å². The molecule has 2 fully saturated rings. The Bertz CT molecular complexity index is 881. The summed E-state index contributed by atoms with van der Waals surface area (Å²) in [4.78, 5) is 39.7. The van der Waals surface area contributed by atoms with Crippen molar-refractivity contribution in [2.75, 3.05) is 38.6 Å². The van der Waals surface area contributed by atoms with E-state index in [0.29, 0.717) is 24.4 Å². The topological polar surface area (TPSA) is 117 Å². The van der Waals surface area contributed by atoms with Gasteiger partial charge in [-0.15, -0.1) is 0 Å². The van der Waals surface area contributed by atoms with Gasteiger partial charge in [-0.25, -0.2) is 0 Å². The molecule has 1 aromatic rings. The number of ether oxygens (including phenoxy) is 1. The van der Waals surface area contributed by atoms with Gasteiger partial charge in [0.25, 0.3) is 6.20 Å². The number of nitrogens with one attached hydrogen (secondary N) is 2. The lowest BCUT2D eigenvalue weighted by Crippen LogP contribution is -2.49. The highest BCUT2D eigenvalue weighted by Gasteiger charge is 2.30. The average Bonchev–Trinajstić information content (AvgIpc) is 3.23. The maximum Gasteiger partial charge on any atom is 0.274 e. The van der Waals surface area contributed by atoms with Gasteiger partial charge >= 0.3 is 0 Å². The van der Waals surface area contributed by atoms with Gasteiger partial charge in [-0.2, -0.15) is 0 Å². The maximum absolute atomic E-state index is 13.2. The van der Waals surface area contributed by atoms with E-state index >= 15 is 0 Å². The fourth-order valence-electron chi connectivity index (χ4n) is 4.14. The molecule has 10 nitrogen and oxygen atoms in total. The number of nitrogens with zero attached hydrogens (tertiary/aromatic N) is 3. The summed E-state index contributed by atoms with van der Waals surface area (Å²) in [7, 11) is 1.58. The van der Waals surface area contributed by atoms with Crippen LogP contribution >= 0.6 is 0 Å². The van der Waals surface area contributed by atoms with E-state index in [2.05, 4.69) is 10.6 Å². The molecule has 2 amide bonds. The van der Waals surface area contributed by atoms with Gasteiger partial charge in [0.05, 0.1) is 18.6 Å². The maximum atomic E-state index is 13.2. The van der Waals surface area contributed by atoms with Crippen molar-refractivity contribution in [3.05, 3.63) is 45.9 Å². The van der Waals surface area contributed by atoms with Gasteiger partial charge in [-0.1, -0.05) is 0 Å². The van der Waals surface area contributed by atoms with Gasteiger partial charge in [0.15, 0.2) is 5.82 Å². The van der Waals surface area contributed by atoms with E-state index in [4.69, 9.17) is 4.74 Å². The molecule has 1 atom stereocenters. The number of methoxy groups -OCH3 is 1. The summed E-state index contributed by atoms with van der Waals surface area (Å²) in [6.45, 7) is 3.91. The predicted octanol–water partition coefficient (Wildman–Crippen LogP) is 2.08. The number of benzene rings is 1. The van der Waals surface area contributed by atoms with Gasteiger partial charge in [-0.05, 0) is 62.8 Å². The minimum atomic E-state index is -0.651. The third-order valence-corrected chi connectivity index (χ3v) is 5.80. The minimum Gasteiger partial charge on any atom is -0.496 e. The third kappa shape index (κ3) is 6.12. The van der Waals surface area contributed by atoms with E-state index in [-0.39, 0.29) is 24.2 Å². The van der Waals surface area contributed by atoms with E-state index in [0.717, 1.165) is 50.5 Å². The van der Waals surface area contributed by atoms with E-state index in [9.17, 15) is 19.7 Å². The van der Waals surface area contributed by atoms with Crippen LogP contribution in [0.1, 0.15) is 37.7 Å². The summed E-state index contributed by atoms with van der Waals surface area (Å²) in [5, 5.41) is 17.2. The molecule has 3 rings (SSSR count). The second-order valence-electron chi connectivity index (χ2n) is 8.18. The number of carbonyl (C=O) groups excluding carboxylic acids is 2. The summed E-state index contributed by atoms with van der Waals surface area (Å²) >= 11 is 0. The molecule has 2 saturated heterocycles. The van der Waals surface area contributed by atoms with Crippen LogP contribution in [-0.4, -0.2) is 65.9 Å². The van der Waals surface area contributed by atoms with Crippen LogP contribution in [0.3, 0.4) is 0 Å². The van der Waals surface area contributed by atoms with Crippen molar-refractivity contribution in [1.82, 2.24) is 15.1 Å². The molecule has 2 aliphatic rings. The molecule has 0 aromatic heterocycles. The molecule has 174 valence electrons. The summed E-state index contributed by atoms with van der Waals surface area (Å²) < 4.78 is 5.25. The first-order valence-electron chi connectivity index (χ1n) is 11.0. The van der Waals surface area contributed by atoms with Crippen LogP contribution in [0.5, 0.6) is 5.75 Å². The molecule has 0 saturated carbocycles. The molecule has 10 heteroatoms. The average molecular weight is 446 g/mol. The van der Waals surface area contributed by atoms with Crippen LogP contribution < -0.4 is 15.4 Å². The number of amides is 2. The molecule has 0 radical (unpaired) electrons. The molecule has 0 unspecified atom stereocenters. The fourth-order valence-corrected chi connectivity index (χ4v) is 4.14. The molecule has 2 N–H and O–H groups in total. The molecular formula is C22H31N5O5. The lowest BCUT2D eigenvalue weighted by atomic mass is 10.1. The Morgan fingerprint density at radius 2 is 1.97 bits per heavy atom. The van der Waals surface area contributed by atoms with Crippen LogP contribution in [0.2, 0.25) is 0 Å². The number of likely N-dealkylation sites (tertiary alicyclic amines) is 2. The van der Waals surface area contributed by atoms with Crippen LogP contribution in [0.15, 0.2) is 30.2 Å². The summed E-state index contributed by atoms with van der Waals surface area (Å²) in [5.41, 5.74) is 1.50. The molecule has 2 heterocycles. The first-order valence-corrected chi connectivity index (χ1v) is 11.0. The van der Waals surface area contributed by atoms with Crippen molar-refractivity contribution < 1.29 is 19.2 Å². The van der Waals surface area contributed by atoms with Crippen molar-refractivity contribution in [2.24, 2.45) is 0 Å². The molecule has 0 spiro atoms. The van der Waals surface area contributed by atoms with E-state index in [1.54, 1.807) is 29.0 Å². The molecular weight excluding hydrogens is 414 g/mol. The van der Waals surface area contributed by atoms with Crippen LogP contribution in [0.25, 0.3) is 0 Å². The molecule has 0 bridgehead atoms. The third-order valence-electron chi connectivity index (χ3n) is 5.80. The molecule has 2 aliphatic heterocycles. The van der Waals surface area contributed by atoms with Crippen molar-refractivity contribution in [1.29, 1.82) is 0 Å². The van der Waals surface area contributed by atoms with Gasteiger partial charge in [0, 0.05) is 25.3 Å². The number of hydrogen-bond acceptors (Lipinski definition) is 7. The second kappa shape index (κ2) is 10.8. The SMILES string of the molecule is COc1ccc(NC(=C[N+](=O)[O-])N[C@H]2CCCCN(CC(=O)N3CCCC3)C2=O)cc1C. The van der Waals surface area contributed by atoms with Crippen LogP contribution in [-0.2, 0) is 9.59 Å². The van der Waals surface area contributed by atoms with E-state index < -0.39 is 11.0 Å². The second-order valence-corrected chi connectivity index (χ2v) is 8.18. The van der Waals surface area contributed by atoms with Crippen LogP contribution in [0.4, 0.5) is 5.69 Å². The number of hydrogen-bond donors (Lipinski definition) is 2. The van der Waals surface area contributed by atoms with Crippen molar-refractivity contribution in [3.63, 3.8) is 0 Å². The van der Waals surface area contributed by atoms with Crippen molar-refractivity contribution in [2.45, 2.75) is 45.1 Å². The zero-order chi connectivity index (χ0) is 23.1. The standard InChI is InChI=1S/C22H31N5O5/c1-16-13-17(8-9-19(16)32-2)23-20(14-27(30)31)24-18-7-3-4-12-26(22(18)29)15-21(28)25-10-5-6-11-25/h8-9,13-14,18,23-24H,3-7,10-12,15H2,1-2H3/t18-/m0/s1. The number of carbonyl (C=O) groups is 2. The number of anilines is 1. The minimum absolute atomic E-state index is 0.0376. The Balaban J connectivity index is 1.71. The van der Waals surface area contributed by atoms with Gasteiger partial charge in [-0.3, -0.25) is 19.7 Å². The Morgan fingerprint density at radius 1 is 1.25 bits per heavy atom. The number of nitro groups is 1. The highest BCUT2D eigenvalue weighted by Crippen LogP contribution is 2.22. The van der Waals surface area contributed by atoms with Gasteiger partial charge in [0.2, 0.25) is 11.8 Å². The molecule has 0 aliphatic carbocycles. The highest BCUT2D eigenvalue weighted by molar-refractivity contribution is 5.88. The largest absolute Gasteiger partial charge is 0.496 e. The Morgan fingerprint density at radius 3 is 2.62 bits per heavy atom. The van der Waals surface area contributed by atoms with Crippen LogP contribution in [0, 0.1) is 17.0 Å². The Hall–Kier alpha value is -3.30. The quantitative estimate of drug-likeness (QED) is 0.465. The zero-order valence-corrected chi connectivity index (χ0v) is 18.6. The summed E-state index contributed by atoms with van der Waals surface area (Å²) in [6, 6.07) is 4.67. The number of rotatable bonds is 8. The highest BCUT2D eigenvalue weighted by atomic mass is 16.6. The number of aryl methyl sites for hydroxylation is 1. The first-order chi connectivity index (χ1) is 15.4. The zero-order valence-electron chi connectivity index (χ0n) is 18.6. The lowest BCUT2D eigenvalue weighted by molar-refractivity contribution is -0.403. The first kappa shape index (κ1) is 23.4. The smallest absolute Gasteiger partial charge is 0.274 e. The monoisotopic (exact) mass is 445 g/mol.